The summed E-state index contributed by atoms with van der Waals surface area (Å²) in [4.78, 5) is 25.6. The van der Waals surface area contributed by atoms with Crippen LogP contribution in [0.2, 0.25) is 0 Å². The van der Waals surface area contributed by atoms with Crippen LogP contribution >= 0.6 is 0 Å². The standard InChI is InChI=1S/C24H34O5/c1-3-4-5-8-13-19-14-9-6-7-10-15-20(18-27-2)29-24(26)22-17-12-11-16-21(22)23(25)28-19/h6-7,11-12,16-17,19-20H,3-5,8-10,13-15,18H2,1-2H3/b7-6-/t19-,20+/m1/s1. The number of carbonyl (C=O) groups excluding carboxylic acids is 2. The smallest absolute Gasteiger partial charge is 0.339 e. The molecule has 0 fully saturated rings. The van der Waals surface area contributed by atoms with Gasteiger partial charge in [0, 0.05) is 7.11 Å². The number of cyclic esters (lactones) is 2. The molecule has 0 amide bonds. The Labute approximate surface area is 174 Å². The van der Waals surface area contributed by atoms with E-state index < -0.39 is 11.9 Å². The molecule has 5 nitrogen and oxygen atoms in total. The van der Waals surface area contributed by atoms with Crippen LogP contribution in [0, 0.1) is 0 Å². The van der Waals surface area contributed by atoms with Gasteiger partial charge < -0.3 is 14.2 Å². The lowest BCUT2D eigenvalue weighted by atomic mass is 10.0. The molecule has 2 rings (SSSR count). The normalized spacial score (nSPS) is 22.1. The second kappa shape index (κ2) is 13.2. The van der Waals surface area contributed by atoms with Crippen LogP contribution in [-0.2, 0) is 14.2 Å². The summed E-state index contributed by atoms with van der Waals surface area (Å²) in [5, 5.41) is 0. The van der Waals surface area contributed by atoms with Crippen molar-refractivity contribution in [3.63, 3.8) is 0 Å². The lowest BCUT2D eigenvalue weighted by molar-refractivity contribution is 0.00261. The molecule has 0 saturated carbocycles. The average molecular weight is 403 g/mol. The maximum atomic E-state index is 12.9. The molecular weight excluding hydrogens is 368 g/mol. The summed E-state index contributed by atoms with van der Waals surface area (Å²) in [7, 11) is 1.58. The van der Waals surface area contributed by atoms with E-state index in [1.807, 2.05) is 0 Å². The van der Waals surface area contributed by atoms with Gasteiger partial charge in [0.2, 0.25) is 0 Å². The highest BCUT2D eigenvalue weighted by molar-refractivity contribution is 6.03. The van der Waals surface area contributed by atoms with Crippen molar-refractivity contribution in [2.75, 3.05) is 13.7 Å². The SMILES string of the molecule is CCCCCC[C@@H]1CC/C=C\CC[C@@H](COC)OC(=O)c2ccccc2C(=O)O1. The fraction of sp³-hybridized carbons (Fsp3) is 0.583. The summed E-state index contributed by atoms with van der Waals surface area (Å²) in [6.07, 6.45) is 12.3. The van der Waals surface area contributed by atoms with Crippen LogP contribution in [0.1, 0.15) is 85.4 Å². The lowest BCUT2D eigenvalue weighted by Crippen LogP contribution is -2.25. The van der Waals surface area contributed by atoms with Gasteiger partial charge in [-0.3, -0.25) is 0 Å². The second-order valence-corrected chi connectivity index (χ2v) is 7.53. The number of esters is 2. The van der Waals surface area contributed by atoms with Crippen LogP contribution < -0.4 is 0 Å². The third kappa shape index (κ3) is 8.01. The maximum Gasteiger partial charge on any atom is 0.339 e. The molecule has 0 N–H and O–H groups in total. The fourth-order valence-corrected chi connectivity index (χ4v) is 3.49. The van der Waals surface area contributed by atoms with E-state index in [4.69, 9.17) is 14.2 Å². The Bertz CT molecular complexity index is 667. The topological polar surface area (TPSA) is 61.8 Å². The van der Waals surface area contributed by atoms with Gasteiger partial charge in [-0.1, -0.05) is 50.5 Å². The molecule has 1 aliphatic rings. The first-order valence-corrected chi connectivity index (χ1v) is 10.8. The molecule has 29 heavy (non-hydrogen) atoms. The Morgan fingerprint density at radius 3 is 2.07 bits per heavy atom. The zero-order valence-electron chi connectivity index (χ0n) is 17.7. The highest BCUT2D eigenvalue weighted by atomic mass is 16.6. The molecule has 160 valence electrons. The fourth-order valence-electron chi connectivity index (χ4n) is 3.49. The zero-order valence-corrected chi connectivity index (χ0v) is 17.7. The zero-order chi connectivity index (χ0) is 20.9. The van der Waals surface area contributed by atoms with Crippen molar-refractivity contribution < 1.29 is 23.8 Å². The third-order valence-corrected chi connectivity index (χ3v) is 5.12. The van der Waals surface area contributed by atoms with E-state index in [9.17, 15) is 9.59 Å². The predicted octanol–water partition coefficient (Wildman–Crippen LogP) is 5.48. The van der Waals surface area contributed by atoms with Gasteiger partial charge in [-0.2, -0.15) is 0 Å². The monoisotopic (exact) mass is 402 g/mol. The first-order valence-electron chi connectivity index (χ1n) is 10.8. The van der Waals surface area contributed by atoms with Gasteiger partial charge in [0.15, 0.2) is 0 Å². The Kier molecular flexibility index (Phi) is 10.5. The molecule has 0 aliphatic carbocycles. The van der Waals surface area contributed by atoms with Crippen LogP contribution in [0.3, 0.4) is 0 Å². The summed E-state index contributed by atoms with van der Waals surface area (Å²) >= 11 is 0. The number of fused-ring (bicyclic) bond motifs is 1. The number of allylic oxidation sites excluding steroid dienone is 2. The van der Waals surface area contributed by atoms with E-state index in [-0.39, 0.29) is 23.3 Å². The van der Waals surface area contributed by atoms with Crippen molar-refractivity contribution in [1.82, 2.24) is 0 Å². The van der Waals surface area contributed by atoms with E-state index in [0.29, 0.717) is 13.0 Å². The number of ether oxygens (including phenoxy) is 3. The van der Waals surface area contributed by atoms with Gasteiger partial charge in [0.05, 0.1) is 17.7 Å². The molecular formula is C24H34O5. The molecule has 0 spiro atoms. The van der Waals surface area contributed by atoms with E-state index in [0.717, 1.165) is 38.5 Å². The van der Waals surface area contributed by atoms with Crippen molar-refractivity contribution in [2.45, 2.75) is 76.9 Å². The van der Waals surface area contributed by atoms with Crippen molar-refractivity contribution >= 4 is 11.9 Å². The van der Waals surface area contributed by atoms with Gasteiger partial charge in [-0.05, 0) is 50.7 Å². The van der Waals surface area contributed by atoms with E-state index >= 15 is 0 Å². The van der Waals surface area contributed by atoms with Gasteiger partial charge in [-0.25, -0.2) is 9.59 Å². The van der Waals surface area contributed by atoms with Crippen molar-refractivity contribution in [2.24, 2.45) is 0 Å². The summed E-state index contributed by atoms with van der Waals surface area (Å²) in [5.41, 5.74) is 0.510. The van der Waals surface area contributed by atoms with Crippen LogP contribution in [0.25, 0.3) is 0 Å². The Balaban J connectivity index is 2.19. The predicted molar refractivity (Wildman–Crippen MR) is 113 cm³/mol. The number of hydrogen-bond acceptors (Lipinski definition) is 5. The van der Waals surface area contributed by atoms with Gasteiger partial charge in [0.1, 0.15) is 12.2 Å². The first kappa shape index (κ1) is 23.1. The van der Waals surface area contributed by atoms with Crippen LogP contribution in [0.4, 0.5) is 0 Å². The number of carbonyl (C=O) groups is 2. The van der Waals surface area contributed by atoms with Crippen molar-refractivity contribution in [3.05, 3.63) is 47.5 Å². The number of rotatable bonds is 7. The number of hydrogen-bond donors (Lipinski definition) is 0. The Morgan fingerprint density at radius 2 is 1.48 bits per heavy atom. The molecule has 0 saturated heterocycles. The quantitative estimate of drug-likeness (QED) is 0.343. The molecule has 1 aliphatic heterocycles. The second-order valence-electron chi connectivity index (χ2n) is 7.53. The minimum absolute atomic E-state index is 0.141. The number of methoxy groups -OCH3 is 1. The van der Waals surface area contributed by atoms with E-state index in [1.54, 1.807) is 31.4 Å². The molecule has 2 atom stereocenters. The van der Waals surface area contributed by atoms with Crippen LogP contribution in [0.15, 0.2) is 36.4 Å². The van der Waals surface area contributed by atoms with E-state index in [1.165, 1.54) is 12.8 Å². The summed E-state index contributed by atoms with van der Waals surface area (Å²) in [5.74, 6) is -0.970. The molecule has 1 heterocycles. The Morgan fingerprint density at radius 1 is 0.897 bits per heavy atom. The van der Waals surface area contributed by atoms with Gasteiger partial charge in [0.25, 0.3) is 0 Å². The molecule has 0 aromatic heterocycles. The summed E-state index contributed by atoms with van der Waals surface area (Å²) in [6.45, 7) is 2.51. The van der Waals surface area contributed by atoms with Crippen molar-refractivity contribution in [1.29, 1.82) is 0 Å². The third-order valence-electron chi connectivity index (χ3n) is 5.12. The van der Waals surface area contributed by atoms with Crippen LogP contribution in [0.5, 0.6) is 0 Å². The number of benzene rings is 1. The lowest BCUT2D eigenvalue weighted by Gasteiger charge is -2.20. The Hall–Kier alpha value is -2.14. The highest BCUT2D eigenvalue weighted by Crippen LogP contribution is 2.20. The van der Waals surface area contributed by atoms with Crippen molar-refractivity contribution in [3.8, 4) is 0 Å². The summed E-state index contributed by atoms with van der Waals surface area (Å²) in [6, 6.07) is 6.71. The molecule has 5 heteroatoms. The van der Waals surface area contributed by atoms with Gasteiger partial charge in [-0.15, -0.1) is 0 Å². The molecule has 0 unspecified atom stereocenters. The van der Waals surface area contributed by atoms with E-state index in [2.05, 4.69) is 19.1 Å². The number of unbranched alkanes of at least 4 members (excludes halogenated alkanes) is 3. The minimum Gasteiger partial charge on any atom is -0.459 e. The molecule has 0 radical (unpaired) electrons. The molecule has 1 aromatic rings. The maximum absolute atomic E-state index is 12.9. The van der Waals surface area contributed by atoms with Gasteiger partial charge >= 0.3 is 11.9 Å². The average Bonchev–Trinajstić information content (AvgIpc) is 2.72. The summed E-state index contributed by atoms with van der Waals surface area (Å²) < 4.78 is 16.6. The highest BCUT2D eigenvalue weighted by Gasteiger charge is 2.24. The first-order chi connectivity index (χ1) is 14.2. The van der Waals surface area contributed by atoms with Crippen LogP contribution in [-0.4, -0.2) is 37.9 Å². The molecule has 0 bridgehead atoms. The molecule has 1 aromatic carbocycles. The largest absolute Gasteiger partial charge is 0.459 e. The minimum atomic E-state index is -0.514.